The highest BCUT2D eigenvalue weighted by Gasteiger charge is 2.23. The molecule has 0 spiro atoms. The number of nitro groups is 1. The van der Waals surface area contributed by atoms with Gasteiger partial charge in [0.25, 0.3) is 0 Å². The van der Waals surface area contributed by atoms with Gasteiger partial charge in [-0.25, -0.2) is 14.4 Å². The summed E-state index contributed by atoms with van der Waals surface area (Å²) in [5.41, 5.74) is 2.01. The second kappa shape index (κ2) is 8.19. The van der Waals surface area contributed by atoms with E-state index >= 15 is 0 Å². The fraction of sp³-hybridized carbons (Fsp3) is 0.364. The Kier molecular flexibility index (Phi) is 5.22. The SMILES string of the molecule is O=c1c(CN2CCc3nc(C4=NCCCC4)ncc3C2)coc2c([N+](=O)[O-])cc(F)cc12. The molecule has 1 aromatic carbocycles. The lowest BCUT2D eigenvalue weighted by Gasteiger charge is -2.27. The molecule has 32 heavy (non-hydrogen) atoms. The molecule has 4 heterocycles. The minimum atomic E-state index is -0.851. The van der Waals surface area contributed by atoms with Crippen molar-refractivity contribution >= 4 is 22.4 Å². The number of halogens is 1. The highest BCUT2D eigenvalue weighted by molar-refractivity contribution is 5.97. The second-order valence-electron chi connectivity index (χ2n) is 8.06. The van der Waals surface area contributed by atoms with Gasteiger partial charge in [-0.15, -0.1) is 0 Å². The van der Waals surface area contributed by atoms with E-state index in [9.17, 15) is 19.3 Å². The van der Waals surface area contributed by atoms with E-state index in [4.69, 9.17) is 9.40 Å². The van der Waals surface area contributed by atoms with Gasteiger partial charge in [0.15, 0.2) is 11.3 Å². The van der Waals surface area contributed by atoms with Gasteiger partial charge in [-0.2, -0.15) is 0 Å². The molecule has 2 aliphatic rings. The number of benzene rings is 1. The summed E-state index contributed by atoms with van der Waals surface area (Å²) < 4.78 is 19.2. The average molecular weight is 437 g/mol. The van der Waals surface area contributed by atoms with Crippen LogP contribution in [0.4, 0.5) is 10.1 Å². The van der Waals surface area contributed by atoms with E-state index in [1.165, 1.54) is 6.26 Å². The Hall–Kier alpha value is -3.53. The van der Waals surface area contributed by atoms with E-state index in [1.807, 2.05) is 6.20 Å². The number of rotatable bonds is 4. The zero-order valence-corrected chi connectivity index (χ0v) is 17.2. The molecule has 0 saturated carbocycles. The number of non-ortho nitro benzene ring substituents is 1. The van der Waals surface area contributed by atoms with Gasteiger partial charge in [-0.1, -0.05) is 0 Å². The maximum atomic E-state index is 13.8. The van der Waals surface area contributed by atoms with Crippen LogP contribution in [0.2, 0.25) is 0 Å². The summed E-state index contributed by atoms with van der Waals surface area (Å²) in [4.78, 5) is 39.1. The molecule has 3 aromatic rings. The minimum absolute atomic E-state index is 0.132. The van der Waals surface area contributed by atoms with Gasteiger partial charge >= 0.3 is 5.69 Å². The van der Waals surface area contributed by atoms with Gasteiger partial charge in [0.05, 0.1) is 34.0 Å². The van der Waals surface area contributed by atoms with Crippen molar-refractivity contribution in [1.82, 2.24) is 14.9 Å². The number of aromatic nitrogens is 2. The van der Waals surface area contributed by atoms with Crippen LogP contribution in [0.5, 0.6) is 0 Å². The first-order chi connectivity index (χ1) is 15.5. The predicted molar refractivity (Wildman–Crippen MR) is 114 cm³/mol. The summed E-state index contributed by atoms with van der Waals surface area (Å²) in [7, 11) is 0. The molecule has 0 aliphatic carbocycles. The first kappa shape index (κ1) is 20.4. The van der Waals surface area contributed by atoms with Gasteiger partial charge in [0.1, 0.15) is 5.82 Å². The standard InChI is InChI=1S/C22H20FN5O4/c23-15-7-16-20(29)14(12-32-21(16)19(8-15)28(30)31)11-27-6-4-17-13(10-27)9-25-22(26-17)18-3-1-2-5-24-18/h7-9,12H,1-6,10-11H2. The van der Waals surface area contributed by atoms with Crippen LogP contribution in [0.1, 0.15) is 41.9 Å². The van der Waals surface area contributed by atoms with Crippen molar-refractivity contribution < 1.29 is 13.7 Å². The summed E-state index contributed by atoms with van der Waals surface area (Å²) in [6.07, 6.45) is 6.87. The third-order valence-electron chi connectivity index (χ3n) is 5.88. The number of fused-ring (bicyclic) bond motifs is 2. The van der Waals surface area contributed by atoms with E-state index < -0.39 is 21.9 Å². The fourth-order valence-electron chi connectivity index (χ4n) is 4.24. The van der Waals surface area contributed by atoms with Crippen molar-refractivity contribution in [2.24, 2.45) is 4.99 Å². The number of hydrogen-bond acceptors (Lipinski definition) is 8. The molecule has 2 aromatic heterocycles. The Morgan fingerprint density at radius 2 is 2.12 bits per heavy atom. The highest BCUT2D eigenvalue weighted by Crippen LogP contribution is 2.26. The monoisotopic (exact) mass is 437 g/mol. The second-order valence-corrected chi connectivity index (χ2v) is 8.06. The lowest BCUT2D eigenvalue weighted by Crippen LogP contribution is -2.33. The lowest BCUT2D eigenvalue weighted by atomic mass is 10.0. The van der Waals surface area contributed by atoms with Crippen LogP contribution in [-0.4, -0.2) is 38.6 Å². The van der Waals surface area contributed by atoms with Crippen LogP contribution in [-0.2, 0) is 19.5 Å². The number of hydrogen-bond donors (Lipinski definition) is 0. The quantitative estimate of drug-likeness (QED) is 0.455. The molecule has 2 aliphatic heterocycles. The largest absolute Gasteiger partial charge is 0.456 e. The molecule has 0 radical (unpaired) electrons. The molecule has 0 fully saturated rings. The van der Waals surface area contributed by atoms with Gasteiger partial charge in [-0.3, -0.25) is 24.8 Å². The molecule has 0 amide bonds. The van der Waals surface area contributed by atoms with Crippen molar-refractivity contribution in [3.05, 3.63) is 73.4 Å². The van der Waals surface area contributed by atoms with Crippen molar-refractivity contribution in [1.29, 1.82) is 0 Å². The first-order valence-electron chi connectivity index (χ1n) is 10.5. The van der Waals surface area contributed by atoms with Crippen LogP contribution >= 0.6 is 0 Å². The molecule has 0 N–H and O–H groups in total. The van der Waals surface area contributed by atoms with Crippen molar-refractivity contribution in [3.63, 3.8) is 0 Å². The summed E-state index contributed by atoms with van der Waals surface area (Å²) >= 11 is 0. The van der Waals surface area contributed by atoms with Crippen LogP contribution in [0, 0.1) is 15.9 Å². The summed E-state index contributed by atoms with van der Waals surface area (Å²) in [5.74, 6) is -0.147. The molecule has 0 unspecified atom stereocenters. The Morgan fingerprint density at radius 1 is 1.25 bits per heavy atom. The first-order valence-corrected chi connectivity index (χ1v) is 10.5. The third-order valence-corrected chi connectivity index (χ3v) is 5.88. The Bertz CT molecular complexity index is 1320. The Balaban J connectivity index is 1.39. The van der Waals surface area contributed by atoms with E-state index in [2.05, 4.69) is 14.9 Å². The molecule has 0 atom stereocenters. The Labute approximate surface area is 181 Å². The van der Waals surface area contributed by atoms with Crippen molar-refractivity contribution in [2.75, 3.05) is 13.1 Å². The summed E-state index contributed by atoms with van der Waals surface area (Å²) in [5, 5.41) is 11.0. The van der Waals surface area contributed by atoms with E-state index in [-0.39, 0.29) is 17.5 Å². The maximum Gasteiger partial charge on any atom is 0.315 e. The molecular formula is C22H20FN5O4. The van der Waals surface area contributed by atoms with Crippen LogP contribution < -0.4 is 5.43 Å². The molecular weight excluding hydrogens is 417 g/mol. The minimum Gasteiger partial charge on any atom is -0.456 e. The normalized spacial score (nSPS) is 16.6. The number of nitro benzene ring substituents is 1. The molecule has 0 saturated heterocycles. The topological polar surface area (TPSA) is 115 Å². The maximum absolute atomic E-state index is 13.8. The molecule has 164 valence electrons. The zero-order chi connectivity index (χ0) is 22.2. The lowest BCUT2D eigenvalue weighted by molar-refractivity contribution is -0.383. The summed E-state index contributed by atoms with van der Waals surface area (Å²) in [6.45, 7) is 2.33. The van der Waals surface area contributed by atoms with E-state index in [0.29, 0.717) is 30.9 Å². The van der Waals surface area contributed by atoms with Gasteiger partial charge in [-0.05, 0) is 25.3 Å². The third kappa shape index (κ3) is 3.77. The number of nitrogens with zero attached hydrogens (tertiary/aromatic N) is 5. The van der Waals surface area contributed by atoms with Crippen LogP contribution in [0.3, 0.4) is 0 Å². The molecule has 10 heteroatoms. The van der Waals surface area contributed by atoms with E-state index in [0.717, 1.165) is 54.9 Å². The van der Waals surface area contributed by atoms with E-state index in [1.54, 1.807) is 0 Å². The Morgan fingerprint density at radius 3 is 2.91 bits per heavy atom. The van der Waals surface area contributed by atoms with Crippen molar-refractivity contribution in [3.8, 4) is 0 Å². The highest BCUT2D eigenvalue weighted by atomic mass is 19.1. The molecule has 5 rings (SSSR count). The van der Waals surface area contributed by atoms with Crippen LogP contribution in [0.15, 0.2) is 38.8 Å². The molecule has 0 bridgehead atoms. The average Bonchev–Trinajstić information content (AvgIpc) is 2.81. The predicted octanol–water partition coefficient (Wildman–Crippen LogP) is 3.16. The molecule has 9 nitrogen and oxygen atoms in total. The van der Waals surface area contributed by atoms with Gasteiger partial charge in [0.2, 0.25) is 5.58 Å². The van der Waals surface area contributed by atoms with Gasteiger partial charge in [0, 0.05) is 49.9 Å². The number of aliphatic imine (C=N–C) groups is 1. The smallest absolute Gasteiger partial charge is 0.315 e. The summed E-state index contributed by atoms with van der Waals surface area (Å²) in [6, 6.07) is 1.73. The fourth-order valence-corrected chi connectivity index (χ4v) is 4.24. The van der Waals surface area contributed by atoms with Crippen LogP contribution in [0.25, 0.3) is 11.0 Å². The van der Waals surface area contributed by atoms with Crippen molar-refractivity contribution in [2.45, 2.75) is 38.8 Å². The van der Waals surface area contributed by atoms with Gasteiger partial charge < -0.3 is 4.42 Å². The zero-order valence-electron chi connectivity index (χ0n) is 17.2.